The first kappa shape index (κ1) is 27.5. The summed E-state index contributed by atoms with van der Waals surface area (Å²) in [5.74, 6) is -2.48. The van der Waals surface area contributed by atoms with Crippen LogP contribution in [0.3, 0.4) is 0 Å². The number of amides is 1. The second kappa shape index (κ2) is 11.3. The molecule has 3 rings (SSSR count). The van der Waals surface area contributed by atoms with Crippen LogP contribution in [0.5, 0.6) is 11.5 Å². The number of pyridine rings is 1. The second-order valence-corrected chi connectivity index (χ2v) is 9.44. The first-order chi connectivity index (χ1) is 17.4. The molecule has 0 bridgehead atoms. The molecule has 2 aromatic carbocycles. The maximum absolute atomic E-state index is 13.0. The largest absolute Gasteiger partial charge is 0.618 e. The number of hydrogen-bond acceptors (Lipinski definition) is 6. The lowest BCUT2D eigenvalue weighted by atomic mass is 9.82. The summed E-state index contributed by atoms with van der Waals surface area (Å²) in [7, 11) is 1.30. The van der Waals surface area contributed by atoms with Crippen molar-refractivity contribution in [1.29, 1.82) is 0 Å². The van der Waals surface area contributed by atoms with Crippen molar-refractivity contribution in [2.45, 2.75) is 59.6 Å². The highest BCUT2D eigenvalue weighted by atomic mass is 16.5. The van der Waals surface area contributed by atoms with E-state index in [1.54, 1.807) is 0 Å². The van der Waals surface area contributed by atoms with Crippen molar-refractivity contribution >= 4 is 11.9 Å². The monoisotopic (exact) mass is 506 g/mol. The molecule has 0 saturated heterocycles. The van der Waals surface area contributed by atoms with Gasteiger partial charge < -0.3 is 25.1 Å². The Balaban J connectivity index is 1.86. The van der Waals surface area contributed by atoms with E-state index in [-0.39, 0.29) is 16.4 Å². The van der Waals surface area contributed by atoms with Crippen LogP contribution in [0.15, 0.2) is 48.7 Å². The van der Waals surface area contributed by atoms with Crippen molar-refractivity contribution in [1.82, 2.24) is 5.32 Å². The minimum absolute atomic E-state index is 0.0362. The summed E-state index contributed by atoms with van der Waals surface area (Å²) < 4.78 is 11.0. The molecule has 1 aromatic heterocycles. The zero-order valence-electron chi connectivity index (χ0n) is 22.3. The summed E-state index contributed by atoms with van der Waals surface area (Å²) in [4.78, 5) is 25.8. The van der Waals surface area contributed by atoms with Crippen LogP contribution >= 0.6 is 0 Å². The number of ether oxygens (including phenoxy) is 2. The van der Waals surface area contributed by atoms with E-state index in [0.29, 0.717) is 0 Å². The summed E-state index contributed by atoms with van der Waals surface area (Å²) in [6.45, 7) is 11.4. The van der Waals surface area contributed by atoms with Crippen LogP contribution in [-0.4, -0.2) is 36.2 Å². The fourth-order valence-corrected chi connectivity index (χ4v) is 4.58. The Hall–Kier alpha value is -4.07. The molecule has 3 aromatic rings. The lowest BCUT2D eigenvalue weighted by Gasteiger charge is -2.29. The minimum Gasteiger partial charge on any atom is -0.618 e. The highest BCUT2D eigenvalue weighted by Gasteiger charge is 2.32. The molecular weight excluding hydrogens is 472 g/mol. The minimum atomic E-state index is -1.08. The molecular formula is C29H34N2O6. The van der Waals surface area contributed by atoms with Gasteiger partial charge in [0, 0.05) is 12.0 Å². The maximum Gasteiger partial charge on any atom is 0.328 e. The molecule has 0 aliphatic heterocycles. The van der Waals surface area contributed by atoms with Crippen molar-refractivity contribution < 1.29 is 28.9 Å². The van der Waals surface area contributed by atoms with Gasteiger partial charge in [0.2, 0.25) is 5.75 Å². The Morgan fingerprint density at radius 1 is 0.946 bits per heavy atom. The highest BCUT2D eigenvalue weighted by Crippen LogP contribution is 2.35. The number of benzene rings is 2. The van der Waals surface area contributed by atoms with E-state index < -0.39 is 35.5 Å². The second-order valence-electron chi connectivity index (χ2n) is 9.44. The van der Waals surface area contributed by atoms with Gasteiger partial charge in [-0.15, -0.1) is 0 Å². The third-order valence-corrected chi connectivity index (χ3v) is 6.47. The number of carbonyl (C=O) groups excluding carboxylic acids is 2. The predicted molar refractivity (Wildman–Crippen MR) is 140 cm³/mol. The number of nitrogens with zero attached hydrogens (tertiary/aromatic N) is 1. The van der Waals surface area contributed by atoms with Gasteiger partial charge >= 0.3 is 17.6 Å². The highest BCUT2D eigenvalue weighted by molar-refractivity contribution is 5.96. The summed E-state index contributed by atoms with van der Waals surface area (Å²) >= 11 is 0. The van der Waals surface area contributed by atoms with Crippen molar-refractivity contribution in [3.05, 3.63) is 92.9 Å². The van der Waals surface area contributed by atoms with E-state index >= 15 is 0 Å². The van der Waals surface area contributed by atoms with Crippen LogP contribution in [0.4, 0.5) is 0 Å². The number of nitrogens with one attached hydrogen (secondary N) is 1. The SMILES string of the molecule is COc1cc[n+]([O-])c(C(=O)NC(C)C(=O)OC(C)C(c2ccc(C)cc2C)c2ccc(C)cc2C)c1O. The van der Waals surface area contributed by atoms with Gasteiger partial charge in [-0.05, 0) is 63.8 Å². The third kappa shape index (κ3) is 6.02. The summed E-state index contributed by atoms with van der Waals surface area (Å²) in [6, 6.07) is 12.5. The quantitative estimate of drug-likeness (QED) is 0.270. The fraction of sp³-hybridized carbons (Fsp3) is 0.345. The lowest BCUT2D eigenvalue weighted by molar-refractivity contribution is -0.608. The summed E-state index contributed by atoms with van der Waals surface area (Å²) in [5, 5.41) is 24.8. The first-order valence-electron chi connectivity index (χ1n) is 12.1. The Morgan fingerprint density at radius 2 is 1.49 bits per heavy atom. The zero-order valence-corrected chi connectivity index (χ0v) is 22.3. The van der Waals surface area contributed by atoms with Gasteiger partial charge in [-0.25, -0.2) is 4.79 Å². The normalized spacial score (nSPS) is 12.6. The lowest BCUT2D eigenvalue weighted by Crippen LogP contribution is -2.46. The summed E-state index contributed by atoms with van der Waals surface area (Å²) in [6.07, 6.45) is 0.473. The molecule has 1 amide bonds. The number of carbonyl (C=O) groups is 2. The molecule has 37 heavy (non-hydrogen) atoms. The molecule has 2 unspecified atom stereocenters. The molecule has 0 fully saturated rings. The molecule has 0 aliphatic rings. The molecule has 0 aliphatic carbocycles. The van der Waals surface area contributed by atoms with E-state index in [9.17, 15) is 19.9 Å². The van der Waals surface area contributed by atoms with Gasteiger partial charge in [-0.3, -0.25) is 4.79 Å². The van der Waals surface area contributed by atoms with Crippen LogP contribution in [0.1, 0.15) is 63.6 Å². The smallest absolute Gasteiger partial charge is 0.328 e. The van der Waals surface area contributed by atoms with Crippen LogP contribution in [-0.2, 0) is 9.53 Å². The Morgan fingerprint density at radius 3 is 1.97 bits per heavy atom. The zero-order chi connectivity index (χ0) is 27.4. The molecule has 0 saturated carbocycles. The van der Waals surface area contributed by atoms with Gasteiger partial charge in [0.25, 0.3) is 0 Å². The Labute approximate surface area is 217 Å². The Bertz CT molecular complexity index is 1270. The van der Waals surface area contributed by atoms with E-state index in [1.165, 1.54) is 20.1 Å². The van der Waals surface area contributed by atoms with E-state index in [0.717, 1.165) is 39.6 Å². The topological polar surface area (TPSA) is 112 Å². The molecule has 2 atom stereocenters. The number of aryl methyl sites for hydroxylation is 4. The van der Waals surface area contributed by atoms with Gasteiger partial charge in [-0.2, -0.15) is 4.73 Å². The predicted octanol–water partition coefficient (Wildman–Crippen LogP) is 4.15. The molecule has 8 heteroatoms. The number of hydrogen-bond donors (Lipinski definition) is 2. The van der Waals surface area contributed by atoms with Crippen molar-refractivity contribution in [3.63, 3.8) is 0 Å². The van der Waals surface area contributed by atoms with Crippen LogP contribution in [0.25, 0.3) is 0 Å². The maximum atomic E-state index is 13.0. The van der Waals surface area contributed by atoms with E-state index in [4.69, 9.17) is 9.47 Å². The number of methoxy groups -OCH3 is 1. The average Bonchev–Trinajstić information content (AvgIpc) is 2.81. The number of rotatable bonds is 8. The molecule has 8 nitrogen and oxygen atoms in total. The number of aromatic nitrogens is 1. The average molecular weight is 507 g/mol. The van der Waals surface area contributed by atoms with Gasteiger partial charge in [0.15, 0.2) is 11.9 Å². The van der Waals surface area contributed by atoms with Crippen molar-refractivity contribution in [2.75, 3.05) is 7.11 Å². The molecule has 1 heterocycles. The fourth-order valence-electron chi connectivity index (χ4n) is 4.58. The van der Waals surface area contributed by atoms with Gasteiger partial charge in [-0.1, -0.05) is 47.5 Å². The Kier molecular flexibility index (Phi) is 8.42. The third-order valence-electron chi connectivity index (χ3n) is 6.47. The molecule has 196 valence electrons. The molecule has 0 radical (unpaired) electrons. The van der Waals surface area contributed by atoms with E-state index in [2.05, 4.69) is 29.6 Å². The van der Waals surface area contributed by atoms with Crippen LogP contribution in [0, 0.1) is 32.9 Å². The van der Waals surface area contributed by atoms with E-state index in [1.807, 2.05) is 46.8 Å². The van der Waals surface area contributed by atoms with Gasteiger partial charge in [0.1, 0.15) is 12.1 Å². The summed E-state index contributed by atoms with van der Waals surface area (Å²) in [5.41, 5.74) is 5.96. The van der Waals surface area contributed by atoms with Gasteiger partial charge in [0.05, 0.1) is 7.11 Å². The van der Waals surface area contributed by atoms with Crippen molar-refractivity contribution in [3.8, 4) is 11.5 Å². The molecule has 0 spiro atoms. The number of aromatic hydroxyl groups is 1. The first-order valence-corrected chi connectivity index (χ1v) is 12.1. The standard InChI is InChI=1S/C29H34N2O6/c1-16-8-10-22(18(3)14-16)25(23-11-9-17(2)15-19(23)4)21(6)37-29(34)20(5)30-28(33)26-27(32)24(36-7)12-13-31(26)35/h8-15,20-21,25,32H,1-7H3,(H,30,33). The van der Waals surface area contributed by atoms with Crippen LogP contribution in [0.2, 0.25) is 0 Å². The number of esters is 1. The van der Waals surface area contributed by atoms with Crippen molar-refractivity contribution in [2.24, 2.45) is 0 Å². The van der Waals surface area contributed by atoms with Crippen LogP contribution < -0.4 is 14.8 Å². The molecule has 2 N–H and O–H groups in total.